The van der Waals surface area contributed by atoms with E-state index in [9.17, 15) is 9.59 Å². The van der Waals surface area contributed by atoms with E-state index in [1.54, 1.807) is 31.4 Å². The Morgan fingerprint density at radius 2 is 1.77 bits per heavy atom. The van der Waals surface area contributed by atoms with Crippen LogP contribution in [0.5, 0.6) is 5.75 Å². The highest BCUT2D eigenvalue weighted by atomic mass is 16.5. The summed E-state index contributed by atoms with van der Waals surface area (Å²) in [5.74, 6) is 0.567. The summed E-state index contributed by atoms with van der Waals surface area (Å²) in [4.78, 5) is 25.4. The van der Waals surface area contributed by atoms with Crippen molar-refractivity contribution in [3.8, 4) is 5.75 Å². The lowest BCUT2D eigenvalue weighted by molar-refractivity contribution is 0.102. The van der Waals surface area contributed by atoms with Gasteiger partial charge >= 0.3 is 0 Å². The lowest BCUT2D eigenvalue weighted by Gasteiger charge is -2.18. The van der Waals surface area contributed by atoms with Gasteiger partial charge in [0, 0.05) is 42.0 Å². The lowest BCUT2D eigenvalue weighted by atomic mass is 10.0. The minimum atomic E-state index is -0.204. The van der Waals surface area contributed by atoms with Crippen molar-refractivity contribution in [2.24, 2.45) is 0 Å². The quantitative estimate of drug-likeness (QED) is 0.709. The van der Waals surface area contributed by atoms with Crippen molar-refractivity contribution in [1.29, 1.82) is 0 Å². The number of nitrogens with zero attached hydrogens (tertiary/aromatic N) is 1. The summed E-state index contributed by atoms with van der Waals surface area (Å²) in [6.07, 6.45) is 0.770. The Morgan fingerprint density at radius 1 is 1.04 bits per heavy atom. The van der Waals surface area contributed by atoms with Crippen LogP contribution in [0.4, 0.5) is 11.4 Å². The molecule has 0 unspecified atom stereocenters. The van der Waals surface area contributed by atoms with E-state index in [4.69, 9.17) is 4.74 Å². The molecule has 0 aliphatic carbocycles. The van der Waals surface area contributed by atoms with Crippen LogP contribution >= 0.6 is 0 Å². The van der Waals surface area contributed by atoms with E-state index in [-0.39, 0.29) is 5.91 Å². The third-order valence-corrected chi connectivity index (χ3v) is 4.19. The zero-order valence-electron chi connectivity index (χ0n) is 14.9. The van der Waals surface area contributed by atoms with E-state index in [0.29, 0.717) is 16.8 Å². The van der Waals surface area contributed by atoms with Crippen molar-refractivity contribution in [3.63, 3.8) is 0 Å². The van der Waals surface area contributed by atoms with Gasteiger partial charge in [-0.05, 0) is 53.9 Å². The normalized spacial score (nSPS) is 10.4. The molecule has 0 aromatic heterocycles. The minimum Gasteiger partial charge on any atom is -0.497 e. The number of carbonyl (C=O) groups is 2. The Bertz CT molecular complexity index is 963. The Kier molecular flexibility index (Phi) is 4.89. The van der Waals surface area contributed by atoms with Gasteiger partial charge in [-0.15, -0.1) is 0 Å². The number of aldehydes is 1. The highest BCUT2D eigenvalue weighted by molar-refractivity contribution is 6.09. The number of anilines is 2. The van der Waals surface area contributed by atoms with E-state index >= 15 is 0 Å². The maximum absolute atomic E-state index is 12.7. The highest BCUT2D eigenvalue weighted by Crippen LogP contribution is 2.31. The van der Waals surface area contributed by atoms with Gasteiger partial charge in [-0.3, -0.25) is 9.59 Å². The van der Waals surface area contributed by atoms with Crippen LogP contribution in [0, 0.1) is 0 Å². The van der Waals surface area contributed by atoms with E-state index in [2.05, 4.69) is 5.32 Å². The van der Waals surface area contributed by atoms with Crippen molar-refractivity contribution in [3.05, 3.63) is 65.7 Å². The van der Waals surface area contributed by atoms with Gasteiger partial charge in [0.2, 0.25) is 0 Å². The average molecular weight is 348 g/mol. The highest BCUT2D eigenvalue weighted by Gasteiger charge is 2.13. The summed E-state index contributed by atoms with van der Waals surface area (Å²) < 4.78 is 5.31. The topological polar surface area (TPSA) is 58.6 Å². The Labute approximate surface area is 152 Å². The first-order valence-corrected chi connectivity index (χ1v) is 8.17. The van der Waals surface area contributed by atoms with Crippen LogP contribution < -0.4 is 15.0 Å². The van der Waals surface area contributed by atoms with Gasteiger partial charge in [-0.1, -0.05) is 6.07 Å². The number of methoxy groups -OCH3 is 1. The van der Waals surface area contributed by atoms with Crippen LogP contribution in [0.3, 0.4) is 0 Å². The van der Waals surface area contributed by atoms with Crippen molar-refractivity contribution < 1.29 is 14.3 Å². The standard InChI is InChI=1S/C21H20N2O3/c1-23(2)20-11-16(10-15-6-9-18(26-3)12-19(15)20)21(25)22-17-7-4-14(13-24)5-8-17/h4-13H,1-3H3,(H,22,25). The average Bonchev–Trinajstić information content (AvgIpc) is 2.67. The number of carbonyl (C=O) groups excluding carboxylic acids is 2. The van der Waals surface area contributed by atoms with E-state index in [0.717, 1.165) is 28.5 Å². The summed E-state index contributed by atoms with van der Waals surface area (Å²) in [6.45, 7) is 0. The molecule has 0 fully saturated rings. The molecule has 3 rings (SSSR count). The first kappa shape index (κ1) is 17.5. The van der Waals surface area contributed by atoms with E-state index in [1.165, 1.54) is 0 Å². The maximum atomic E-state index is 12.7. The molecule has 26 heavy (non-hydrogen) atoms. The van der Waals surface area contributed by atoms with Crippen LogP contribution in [0.1, 0.15) is 20.7 Å². The Hall–Kier alpha value is -3.34. The second-order valence-corrected chi connectivity index (χ2v) is 6.17. The summed E-state index contributed by atoms with van der Waals surface area (Å²) in [7, 11) is 5.51. The molecule has 1 N–H and O–H groups in total. The molecular formula is C21H20N2O3. The lowest BCUT2D eigenvalue weighted by Crippen LogP contribution is -2.14. The molecule has 0 atom stereocenters. The maximum Gasteiger partial charge on any atom is 0.255 e. The molecule has 1 amide bonds. The summed E-state index contributed by atoms with van der Waals surface area (Å²) in [6, 6.07) is 16.2. The molecule has 0 saturated heterocycles. The summed E-state index contributed by atoms with van der Waals surface area (Å²) in [5.41, 5.74) is 2.70. The van der Waals surface area contributed by atoms with Crippen LogP contribution in [0.15, 0.2) is 54.6 Å². The molecule has 0 radical (unpaired) electrons. The van der Waals surface area contributed by atoms with Gasteiger partial charge in [0.1, 0.15) is 12.0 Å². The van der Waals surface area contributed by atoms with Crippen molar-refractivity contribution >= 4 is 34.3 Å². The van der Waals surface area contributed by atoms with Crippen molar-refractivity contribution in [2.75, 3.05) is 31.4 Å². The zero-order valence-corrected chi connectivity index (χ0v) is 14.9. The smallest absolute Gasteiger partial charge is 0.255 e. The number of amides is 1. The molecule has 0 aliphatic heterocycles. The zero-order chi connectivity index (χ0) is 18.7. The van der Waals surface area contributed by atoms with Gasteiger partial charge in [0.25, 0.3) is 5.91 Å². The number of hydrogen-bond acceptors (Lipinski definition) is 4. The predicted molar refractivity (Wildman–Crippen MR) is 105 cm³/mol. The first-order chi connectivity index (χ1) is 12.5. The predicted octanol–water partition coefficient (Wildman–Crippen LogP) is 3.98. The van der Waals surface area contributed by atoms with Crippen LogP contribution in [0.25, 0.3) is 10.8 Å². The number of ether oxygens (including phenoxy) is 1. The van der Waals surface area contributed by atoms with Gasteiger partial charge < -0.3 is 15.0 Å². The van der Waals surface area contributed by atoms with Gasteiger partial charge in [-0.2, -0.15) is 0 Å². The molecule has 3 aromatic rings. The van der Waals surface area contributed by atoms with Gasteiger partial charge in [0.05, 0.1) is 7.11 Å². The molecule has 0 spiro atoms. The fraction of sp³-hybridized carbons (Fsp3) is 0.143. The molecule has 3 aromatic carbocycles. The number of benzene rings is 3. The fourth-order valence-electron chi connectivity index (χ4n) is 2.79. The SMILES string of the molecule is COc1ccc2cc(C(=O)Nc3ccc(C=O)cc3)cc(N(C)C)c2c1. The van der Waals surface area contributed by atoms with Gasteiger partial charge in [0.15, 0.2) is 0 Å². The van der Waals surface area contributed by atoms with E-state index < -0.39 is 0 Å². The molecule has 132 valence electrons. The molecule has 5 nitrogen and oxygen atoms in total. The molecule has 0 saturated carbocycles. The molecule has 5 heteroatoms. The van der Waals surface area contributed by atoms with Crippen molar-refractivity contribution in [1.82, 2.24) is 0 Å². The van der Waals surface area contributed by atoms with E-state index in [1.807, 2.05) is 49.3 Å². The minimum absolute atomic E-state index is 0.204. The van der Waals surface area contributed by atoms with Crippen LogP contribution in [0.2, 0.25) is 0 Å². The number of hydrogen-bond donors (Lipinski definition) is 1. The Balaban J connectivity index is 1.98. The second kappa shape index (κ2) is 7.27. The monoisotopic (exact) mass is 348 g/mol. The third kappa shape index (κ3) is 3.52. The largest absolute Gasteiger partial charge is 0.497 e. The summed E-state index contributed by atoms with van der Waals surface area (Å²) >= 11 is 0. The first-order valence-electron chi connectivity index (χ1n) is 8.17. The van der Waals surface area contributed by atoms with Gasteiger partial charge in [-0.25, -0.2) is 0 Å². The number of nitrogens with one attached hydrogen (secondary N) is 1. The molecule has 0 aliphatic rings. The Morgan fingerprint density at radius 3 is 2.38 bits per heavy atom. The molecular weight excluding hydrogens is 328 g/mol. The van der Waals surface area contributed by atoms with Crippen LogP contribution in [-0.2, 0) is 0 Å². The van der Waals surface area contributed by atoms with Crippen molar-refractivity contribution in [2.45, 2.75) is 0 Å². The fourth-order valence-corrected chi connectivity index (χ4v) is 2.79. The second-order valence-electron chi connectivity index (χ2n) is 6.17. The number of fused-ring (bicyclic) bond motifs is 1. The summed E-state index contributed by atoms with van der Waals surface area (Å²) in [5, 5.41) is 4.84. The number of rotatable bonds is 5. The third-order valence-electron chi connectivity index (χ3n) is 4.19. The van der Waals surface area contributed by atoms with Crippen LogP contribution in [-0.4, -0.2) is 33.4 Å². The molecule has 0 bridgehead atoms. The molecule has 0 heterocycles.